The second-order valence-electron chi connectivity index (χ2n) is 8.08. The second kappa shape index (κ2) is 9.04. The largest absolute Gasteiger partial charge is 0.464 e. The number of halogens is 1. The first-order valence-electron chi connectivity index (χ1n) is 10.6. The van der Waals surface area contributed by atoms with E-state index in [1.54, 1.807) is 42.4 Å². The van der Waals surface area contributed by atoms with Crippen molar-refractivity contribution in [3.05, 3.63) is 58.2 Å². The van der Waals surface area contributed by atoms with Crippen molar-refractivity contribution in [3.8, 4) is 0 Å². The molecule has 0 spiro atoms. The fraction of sp³-hybridized carbons (Fsp3) is 0.458. The van der Waals surface area contributed by atoms with Crippen molar-refractivity contribution in [1.29, 1.82) is 0 Å². The van der Waals surface area contributed by atoms with Crippen molar-refractivity contribution in [1.82, 2.24) is 9.47 Å². The summed E-state index contributed by atoms with van der Waals surface area (Å²) in [4.78, 5) is 40.5. The number of ether oxygens (including phenoxy) is 1. The molecular formula is C24H29FN2O4. The van der Waals surface area contributed by atoms with Crippen LogP contribution < -0.4 is 0 Å². The zero-order valence-electron chi connectivity index (χ0n) is 18.7. The molecule has 3 rings (SSSR count). The van der Waals surface area contributed by atoms with E-state index < -0.39 is 12.0 Å². The molecule has 1 amide bonds. The van der Waals surface area contributed by atoms with Crippen molar-refractivity contribution in [2.24, 2.45) is 5.92 Å². The molecule has 1 fully saturated rings. The average molecular weight is 429 g/mol. The zero-order valence-corrected chi connectivity index (χ0v) is 18.7. The van der Waals surface area contributed by atoms with Crippen molar-refractivity contribution < 1.29 is 23.5 Å². The summed E-state index contributed by atoms with van der Waals surface area (Å²) in [6.45, 7) is 7.88. The normalized spacial score (nSPS) is 14.3. The Morgan fingerprint density at radius 3 is 2.32 bits per heavy atom. The first kappa shape index (κ1) is 22.7. The molecule has 1 atom stereocenters. The molecule has 0 aliphatic heterocycles. The number of benzene rings is 1. The number of methoxy groups -OCH3 is 1. The van der Waals surface area contributed by atoms with E-state index in [0.29, 0.717) is 29.1 Å². The van der Waals surface area contributed by atoms with Crippen LogP contribution in [0.3, 0.4) is 0 Å². The number of Topliss-reactive ketones (excluding diaryl/α,β-unsaturated/α-hetero) is 1. The minimum Gasteiger partial charge on any atom is -0.464 e. The molecule has 0 N–H and O–H groups in total. The summed E-state index contributed by atoms with van der Waals surface area (Å²) in [5.74, 6) is -1.20. The van der Waals surface area contributed by atoms with Gasteiger partial charge in [0.15, 0.2) is 5.78 Å². The molecule has 0 saturated heterocycles. The Bertz CT molecular complexity index is 1010. The Balaban J connectivity index is 1.98. The molecule has 166 valence electrons. The smallest absolute Gasteiger partial charge is 0.354 e. The Labute approximate surface area is 182 Å². The van der Waals surface area contributed by atoms with Crippen LogP contribution >= 0.6 is 0 Å². The summed E-state index contributed by atoms with van der Waals surface area (Å²) < 4.78 is 20.0. The summed E-state index contributed by atoms with van der Waals surface area (Å²) in [5.41, 5.74) is 2.80. The lowest BCUT2D eigenvalue weighted by Gasteiger charge is -2.29. The Morgan fingerprint density at radius 1 is 1.19 bits per heavy atom. The highest BCUT2D eigenvalue weighted by molar-refractivity contribution is 6.06. The average Bonchev–Trinajstić information content (AvgIpc) is 3.57. The Hall–Kier alpha value is -2.96. The summed E-state index contributed by atoms with van der Waals surface area (Å²) in [7, 11) is 1.31. The van der Waals surface area contributed by atoms with E-state index >= 15 is 0 Å². The van der Waals surface area contributed by atoms with E-state index in [4.69, 9.17) is 4.74 Å². The highest BCUT2D eigenvalue weighted by atomic mass is 19.1. The minimum atomic E-state index is -0.728. The maximum absolute atomic E-state index is 13.6. The van der Waals surface area contributed by atoms with Gasteiger partial charge in [-0.3, -0.25) is 9.59 Å². The molecular weight excluding hydrogens is 399 g/mol. The van der Waals surface area contributed by atoms with Crippen LogP contribution in [0.1, 0.15) is 64.4 Å². The van der Waals surface area contributed by atoms with Gasteiger partial charge in [0.05, 0.1) is 13.2 Å². The predicted octanol–water partition coefficient (Wildman–Crippen LogP) is 4.06. The topological polar surface area (TPSA) is 68.6 Å². The van der Waals surface area contributed by atoms with Crippen LogP contribution in [-0.2, 0) is 22.6 Å². The molecule has 7 heteroatoms. The van der Waals surface area contributed by atoms with Crippen LogP contribution in [0.5, 0.6) is 0 Å². The molecule has 0 radical (unpaired) electrons. The summed E-state index contributed by atoms with van der Waals surface area (Å²) >= 11 is 0. The molecule has 2 aromatic rings. The van der Waals surface area contributed by atoms with Crippen molar-refractivity contribution in [3.63, 3.8) is 0 Å². The van der Waals surface area contributed by atoms with Gasteiger partial charge in [0, 0.05) is 30.3 Å². The molecule has 1 aromatic carbocycles. The quantitative estimate of drug-likeness (QED) is 0.470. The van der Waals surface area contributed by atoms with Crippen LogP contribution in [0.2, 0.25) is 0 Å². The summed E-state index contributed by atoms with van der Waals surface area (Å²) in [6.07, 6.45) is 1.63. The lowest BCUT2D eigenvalue weighted by molar-refractivity contribution is -0.134. The standard InChI is InChI=1S/C24H29FN2O4/c1-6-26-15(3)20(14(2)21(26)24(30)31-5)22(28)16(4)27(23(29)18-9-10-18)13-17-7-11-19(25)12-8-17/h7-8,11-12,16,18H,6,9-10,13H2,1-5H3/t16-/m0/s1. The van der Waals surface area contributed by atoms with E-state index in [9.17, 15) is 18.8 Å². The molecule has 0 bridgehead atoms. The number of esters is 1. The number of rotatable bonds is 8. The highest BCUT2D eigenvalue weighted by Crippen LogP contribution is 2.33. The number of ketones is 1. The molecule has 31 heavy (non-hydrogen) atoms. The molecule has 1 heterocycles. The maximum atomic E-state index is 13.6. The van der Waals surface area contributed by atoms with Gasteiger partial charge >= 0.3 is 5.97 Å². The van der Waals surface area contributed by atoms with Gasteiger partial charge in [-0.1, -0.05) is 12.1 Å². The number of aromatic nitrogens is 1. The van der Waals surface area contributed by atoms with Gasteiger partial charge in [-0.2, -0.15) is 0 Å². The SMILES string of the molecule is CCn1c(C)c(C(=O)[C@H](C)N(Cc2ccc(F)cc2)C(=O)C2CC2)c(C)c1C(=O)OC. The van der Waals surface area contributed by atoms with Crippen molar-refractivity contribution >= 4 is 17.7 Å². The van der Waals surface area contributed by atoms with E-state index in [0.717, 1.165) is 18.4 Å². The van der Waals surface area contributed by atoms with Gasteiger partial charge in [0.2, 0.25) is 5.91 Å². The highest BCUT2D eigenvalue weighted by Gasteiger charge is 2.38. The van der Waals surface area contributed by atoms with Crippen LogP contribution in [0.4, 0.5) is 4.39 Å². The van der Waals surface area contributed by atoms with Crippen molar-refractivity contribution in [2.45, 2.75) is 59.7 Å². The van der Waals surface area contributed by atoms with Crippen LogP contribution in [0.15, 0.2) is 24.3 Å². The maximum Gasteiger partial charge on any atom is 0.354 e. The lowest BCUT2D eigenvalue weighted by atomic mass is 9.99. The molecule has 0 unspecified atom stereocenters. The van der Waals surface area contributed by atoms with E-state index in [1.807, 2.05) is 6.92 Å². The van der Waals surface area contributed by atoms with Gasteiger partial charge in [-0.25, -0.2) is 9.18 Å². The second-order valence-corrected chi connectivity index (χ2v) is 8.08. The third-order valence-corrected chi connectivity index (χ3v) is 6.03. The first-order chi connectivity index (χ1) is 14.7. The number of amides is 1. The molecule has 1 aromatic heterocycles. The number of carbonyl (C=O) groups is 3. The Kier molecular flexibility index (Phi) is 6.62. The molecule has 1 aliphatic rings. The number of nitrogens with zero attached hydrogens (tertiary/aromatic N) is 2. The number of hydrogen-bond acceptors (Lipinski definition) is 4. The molecule has 6 nitrogen and oxygen atoms in total. The van der Waals surface area contributed by atoms with Gasteiger partial charge in [-0.05, 0) is 63.8 Å². The summed E-state index contributed by atoms with van der Waals surface area (Å²) in [5, 5.41) is 0. The molecule has 1 aliphatic carbocycles. The van der Waals surface area contributed by atoms with Crippen LogP contribution in [-0.4, -0.2) is 40.3 Å². The van der Waals surface area contributed by atoms with Gasteiger partial charge in [0.25, 0.3) is 0 Å². The van der Waals surface area contributed by atoms with E-state index in [2.05, 4.69) is 0 Å². The fourth-order valence-corrected chi connectivity index (χ4v) is 4.12. The molecule has 1 saturated carbocycles. The zero-order chi connectivity index (χ0) is 22.9. The third-order valence-electron chi connectivity index (χ3n) is 6.03. The number of hydrogen-bond donors (Lipinski definition) is 0. The van der Waals surface area contributed by atoms with E-state index in [-0.39, 0.29) is 30.0 Å². The minimum absolute atomic E-state index is 0.0660. The van der Waals surface area contributed by atoms with Gasteiger partial charge in [-0.15, -0.1) is 0 Å². The van der Waals surface area contributed by atoms with E-state index in [1.165, 1.54) is 19.2 Å². The summed E-state index contributed by atoms with van der Waals surface area (Å²) in [6, 6.07) is 5.21. The number of carbonyl (C=O) groups excluding carboxylic acids is 3. The van der Waals surface area contributed by atoms with Crippen LogP contribution in [0.25, 0.3) is 0 Å². The van der Waals surface area contributed by atoms with Gasteiger partial charge in [0.1, 0.15) is 11.5 Å². The third kappa shape index (κ3) is 4.40. The van der Waals surface area contributed by atoms with Crippen molar-refractivity contribution in [2.75, 3.05) is 7.11 Å². The predicted molar refractivity (Wildman–Crippen MR) is 114 cm³/mol. The fourth-order valence-electron chi connectivity index (χ4n) is 4.12. The van der Waals surface area contributed by atoms with Crippen LogP contribution in [0, 0.1) is 25.6 Å². The van der Waals surface area contributed by atoms with Gasteiger partial charge < -0.3 is 14.2 Å². The monoisotopic (exact) mass is 428 g/mol. The Morgan fingerprint density at radius 2 is 1.81 bits per heavy atom. The lowest BCUT2D eigenvalue weighted by Crippen LogP contribution is -2.43. The first-order valence-corrected chi connectivity index (χ1v) is 10.6.